The second kappa shape index (κ2) is 8.14. The first-order valence-electron chi connectivity index (χ1n) is 8.17. The largest absolute Gasteiger partial charge is 0.504 e. The maximum atomic E-state index is 10.9. The molecule has 3 aromatic rings. The molecule has 2 N–H and O–H groups in total. The number of hydrogen-bond donors (Lipinski definition) is 2. The van der Waals surface area contributed by atoms with Crippen LogP contribution in [0.4, 0.5) is 0 Å². The van der Waals surface area contributed by atoms with Crippen LogP contribution < -0.4 is 9.47 Å². The van der Waals surface area contributed by atoms with Crippen LogP contribution in [0.2, 0.25) is 0 Å². The van der Waals surface area contributed by atoms with E-state index in [1.807, 2.05) is 25.1 Å². The third kappa shape index (κ3) is 4.80. The van der Waals surface area contributed by atoms with Gasteiger partial charge >= 0.3 is 5.97 Å². The quantitative estimate of drug-likeness (QED) is 0.528. The molecule has 0 atom stereocenters. The molecule has 0 heterocycles. The van der Waals surface area contributed by atoms with Gasteiger partial charge in [0.15, 0.2) is 11.5 Å². The van der Waals surface area contributed by atoms with Crippen molar-refractivity contribution in [1.29, 1.82) is 0 Å². The molecule has 0 aromatic heterocycles. The number of aromatic hydroxyl groups is 1. The van der Waals surface area contributed by atoms with E-state index >= 15 is 0 Å². The van der Waals surface area contributed by atoms with Gasteiger partial charge in [-0.3, -0.25) is 4.79 Å². The number of halogens is 1. The maximum absolute atomic E-state index is 10.9. The summed E-state index contributed by atoms with van der Waals surface area (Å²) in [5, 5.41) is 19.0. The number of carbonyl (C=O) groups is 1. The zero-order valence-corrected chi connectivity index (χ0v) is 16.1. The first-order chi connectivity index (χ1) is 12.9. The monoisotopic (exact) mass is 428 g/mol. The minimum Gasteiger partial charge on any atom is -0.504 e. The van der Waals surface area contributed by atoms with E-state index in [1.54, 1.807) is 36.4 Å². The van der Waals surface area contributed by atoms with Crippen molar-refractivity contribution in [3.63, 3.8) is 0 Å². The number of carboxylic acid groups (broad SMARTS) is 1. The number of aryl methyl sites for hydroxylation is 1. The van der Waals surface area contributed by atoms with Gasteiger partial charge in [-0.2, -0.15) is 0 Å². The summed E-state index contributed by atoms with van der Waals surface area (Å²) in [6.45, 7) is 1.84. The van der Waals surface area contributed by atoms with Crippen molar-refractivity contribution < 1.29 is 24.5 Å². The molecule has 3 aromatic carbocycles. The third-order valence-corrected chi connectivity index (χ3v) is 4.36. The number of carboxylic acids is 1. The van der Waals surface area contributed by atoms with Crippen molar-refractivity contribution >= 4 is 21.9 Å². The molecule has 0 unspecified atom stereocenters. The van der Waals surface area contributed by atoms with Gasteiger partial charge in [0.25, 0.3) is 0 Å². The van der Waals surface area contributed by atoms with E-state index in [0.29, 0.717) is 27.3 Å². The van der Waals surface area contributed by atoms with Crippen molar-refractivity contribution in [3.05, 3.63) is 76.3 Å². The van der Waals surface area contributed by atoms with E-state index in [0.717, 1.165) is 5.56 Å². The molecule has 0 aliphatic carbocycles. The Morgan fingerprint density at radius 1 is 1.00 bits per heavy atom. The first-order valence-corrected chi connectivity index (χ1v) is 8.96. The van der Waals surface area contributed by atoms with Gasteiger partial charge in [0.05, 0.1) is 10.9 Å². The SMILES string of the molecule is Cc1cc(CC(=O)O)cc(Br)c1Oc1ccc(O)c(Oc2ccccc2)c1. The molecular formula is C21H17BrO5. The lowest BCUT2D eigenvalue weighted by atomic mass is 10.1. The number of phenolic OH excluding ortho intramolecular Hbond substituents is 1. The Bertz CT molecular complexity index is 947. The van der Waals surface area contributed by atoms with Crippen LogP contribution in [-0.2, 0) is 11.2 Å². The highest BCUT2D eigenvalue weighted by molar-refractivity contribution is 9.10. The second-order valence-corrected chi connectivity index (χ2v) is 6.80. The number of para-hydroxylation sites is 1. The van der Waals surface area contributed by atoms with E-state index in [4.69, 9.17) is 14.6 Å². The number of phenols is 1. The number of aliphatic carboxylic acids is 1. The molecule has 0 aliphatic heterocycles. The molecule has 6 heteroatoms. The predicted molar refractivity (Wildman–Crippen MR) is 105 cm³/mol. The van der Waals surface area contributed by atoms with E-state index in [9.17, 15) is 9.90 Å². The van der Waals surface area contributed by atoms with Gasteiger partial charge in [-0.05, 0) is 64.3 Å². The standard InChI is InChI=1S/C21H17BrO5/c1-13-9-14(11-20(24)25)10-17(22)21(13)27-16-7-8-18(23)19(12-16)26-15-5-3-2-4-6-15/h2-10,12,23H,11H2,1H3,(H,24,25). The van der Waals surface area contributed by atoms with Crippen LogP contribution in [0.3, 0.4) is 0 Å². The summed E-state index contributed by atoms with van der Waals surface area (Å²) in [5.74, 6) is 1.03. The zero-order valence-electron chi connectivity index (χ0n) is 14.5. The topological polar surface area (TPSA) is 76.0 Å². The fourth-order valence-electron chi connectivity index (χ4n) is 2.58. The van der Waals surface area contributed by atoms with Gasteiger partial charge in [-0.1, -0.05) is 24.3 Å². The van der Waals surface area contributed by atoms with E-state index in [-0.39, 0.29) is 17.9 Å². The summed E-state index contributed by atoms with van der Waals surface area (Å²) in [4.78, 5) is 10.9. The lowest BCUT2D eigenvalue weighted by molar-refractivity contribution is -0.136. The third-order valence-electron chi connectivity index (χ3n) is 3.77. The molecule has 0 amide bonds. The Morgan fingerprint density at radius 2 is 1.74 bits per heavy atom. The number of ether oxygens (including phenoxy) is 2. The van der Waals surface area contributed by atoms with Gasteiger partial charge in [0.2, 0.25) is 0 Å². The Morgan fingerprint density at radius 3 is 2.41 bits per heavy atom. The Kier molecular flexibility index (Phi) is 5.66. The summed E-state index contributed by atoms with van der Waals surface area (Å²) >= 11 is 3.43. The van der Waals surface area contributed by atoms with E-state index < -0.39 is 5.97 Å². The number of hydrogen-bond acceptors (Lipinski definition) is 4. The summed E-state index contributed by atoms with van der Waals surface area (Å²) in [5.41, 5.74) is 1.47. The van der Waals surface area contributed by atoms with Crippen LogP contribution in [0.15, 0.2) is 65.1 Å². The molecule has 0 aliphatic rings. The lowest BCUT2D eigenvalue weighted by Gasteiger charge is -2.14. The molecular weight excluding hydrogens is 412 g/mol. The average Bonchev–Trinajstić information content (AvgIpc) is 2.61. The zero-order chi connectivity index (χ0) is 19.4. The highest BCUT2D eigenvalue weighted by atomic mass is 79.9. The molecule has 0 spiro atoms. The second-order valence-electron chi connectivity index (χ2n) is 5.94. The van der Waals surface area contributed by atoms with E-state index in [2.05, 4.69) is 15.9 Å². The van der Waals surface area contributed by atoms with Crippen LogP contribution in [0.25, 0.3) is 0 Å². The van der Waals surface area contributed by atoms with Crippen molar-refractivity contribution in [2.24, 2.45) is 0 Å². The van der Waals surface area contributed by atoms with Crippen LogP contribution in [0.1, 0.15) is 11.1 Å². The van der Waals surface area contributed by atoms with Gasteiger partial charge in [-0.15, -0.1) is 0 Å². The highest BCUT2D eigenvalue weighted by Gasteiger charge is 2.13. The smallest absolute Gasteiger partial charge is 0.307 e. The van der Waals surface area contributed by atoms with Crippen LogP contribution in [-0.4, -0.2) is 16.2 Å². The normalized spacial score (nSPS) is 10.4. The van der Waals surface area contributed by atoms with Crippen LogP contribution in [0.5, 0.6) is 28.7 Å². The Balaban J connectivity index is 1.86. The molecule has 0 radical (unpaired) electrons. The summed E-state index contributed by atoms with van der Waals surface area (Å²) < 4.78 is 12.3. The maximum Gasteiger partial charge on any atom is 0.307 e. The Hall–Kier alpha value is -2.99. The minimum absolute atomic E-state index is 0.00111. The van der Waals surface area contributed by atoms with Crippen molar-refractivity contribution in [2.45, 2.75) is 13.3 Å². The number of benzene rings is 3. The van der Waals surface area contributed by atoms with E-state index in [1.165, 1.54) is 6.07 Å². The Labute approximate surface area is 164 Å². The summed E-state index contributed by atoms with van der Waals surface area (Å²) in [6.07, 6.45) is -0.0615. The van der Waals surface area contributed by atoms with Gasteiger partial charge in [0, 0.05) is 6.07 Å². The molecule has 3 rings (SSSR count). The average molecular weight is 429 g/mol. The van der Waals surface area contributed by atoms with Gasteiger partial charge in [0.1, 0.15) is 17.2 Å². The minimum atomic E-state index is -0.892. The fraction of sp³-hybridized carbons (Fsp3) is 0.0952. The molecule has 0 saturated heterocycles. The highest BCUT2D eigenvalue weighted by Crippen LogP contribution is 2.38. The fourth-order valence-corrected chi connectivity index (χ4v) is 3.27. The molecule has 0 bridgehead atoms. The first kappa shape index (κ1) is 18.8. The molecule has 5 nitrogen and oxygen atoms in total. The van der Waals surface area contributed by atoms with Crippen LogP contribution in [0, 0.1) is 6.92 Å². The number of rotatable bonds is 6. The molecule has 27 heavy (non-hydrogen) atoms. The predicted octanol–water partition coefficient (Wildman–Crippen LogP) is 5.67. The van der Waals surface area contributed by atoms with Gasteiger partial charge < -0.3 is 19.7 Å². The lowest BCUT2D eigenvalue weighted by Crippen LogP contribution is -2.01. The van der Waals surface area contributed by atoms with Gasteiger partial charge in [-0.25, -0.2) is 0 Å². The summed E-state index contributed by atoms with van der Waals surface area (Å²) in [6, 6.07) is 17.3. The molecule has 0 fully saturated rings. The van der Waals surface area contributed by atoms with Crippen molar-refractivity contribution in [3.8, 4) is 28.7 Å². The molecule has 138 valence electrons. The van der Waals surface area contributed by atoms with Crippen LogP contribution >= 0.6 is 15.9 Å². The summed E-state index contributed by atoms with van der Waals surface area (Å²) in [7, 11) is 0. The molecule has 0 saturated carbocycles. The van der Waals surface area contributed by atoms with Crippen molar-refractivity contribution in [2.75, 3.05) is 0 Å². The van der Waals surface area contributed by atoms with Crippen molar-refractivity contribution in [1.82, 2.24) is 0 Å².